The third kappa shape index (κ3) is 5.95. The van der Waals surface area contributed by atoms with E-state index in [9.17, 15) is 14.4 Å². The predicted octanol–water partition coefficient (Wildman–Crippen LogP) is 3.84. The van der Waals surface area contributed by atoms with E-state index in [1.807, 2.05) is 43.5 Å². The highest BCUT2D eigenvalue weighted by molar-refractivity contribution is 6.03. The SMILES string of the molecule is Cc1cnccc1-c1cccc(C[C@@H](C(N)=O)N(c2ccc3c(=O)[nH][nH]c3c2)C(=O)[C@H]2CC[C@H](CN)CC2)c1.Cl. The van der Waals surface area contributed by atoms with Gasteiger partial charge in [0.15, 0.2) is 0 Å². The lowest BCUT2D eigenvalue weighted by Crippen LogP contribution is -2.52. The lowest BCUT2D eigenvalue weighted by atomic mass is 9.81. The molecule has 1 fully saturated rings. The van der Waals surface area contributed by atoms with Gasteiger partial charge in [0.25, 0.3) is 5.56 Å². The van der Waals surface area contributed by atoms with Crippen LogP contribution in [0.15, 0.2) is 65.7 Å². The number of carbonyl (C=O) groups is 2. The fourth-order valence-electron chi connectivity index (χ4n) is 5.68. The van der Waals surface area contributed by atoms with Crippen molar-refractivity contribution in [2.24, 2.45) is 23.3 Å². The van der Waals surface area contributed by atoms with Crippen LogP contribution >= 0.6 is 12.4 Å². The molecule has 6 N–H and O–H groups in total. The van der Waals surface area contributed by atoms with Crippen molar-refractivity contribution in [2.45, 2.75) is 45.1 Å². The second-order valence-corrected chi connectivity index (χ2v) is 10.5. The van der Waals surface area contributed by atoms with Crippen LogP contribution in [0.5, 0.6) is 0 Å². The number of hydrogen-bond donors (Lipinski definition) is 4. The van der Waals surface area contributed by atoms with E-state index in [0.29, 0.717) is 41.9 Å². The summed E-state index contributed by atoms with van der Waals surface area (Å²) in [6.07, 6.45) is 6.99. The summed E-state index contributed by atoms with van der Waals surface area (Å²) in [5.74, 6) is -0.545. The number of amides is 2. The molecule has 5 rings (SSSR count). The first-order chi connectivity index (χ1) is 18.9. The fourth-order valence-corrected chi connectivity index (χ4v) is 5.68. The van der Waals surface area contributed by atoms with Gasteiger partial charge in [-0.15, -0.1) is 12.4 Å². The molecular weight excluding hydrogens is 528 g/mol. The standard InChI is InChI=1S/C30H34N6O3.ClH/c1-18-17-33-12-11-24(18)22-4-2-3-20(13-22)14-27(28(32)37)36(30(39)21-7-5-19(16-31)6-8-21)23-9-10-25-26(15-23)34-35-29(25)38;/h2-4,9-13,15,17,19,21,27H,5-8,14,16,31H2,1H3,(H2,32,37)(H2,34,35,38);1H/t19-,21-,27-;/m0./s1. The molecule has 2 aromatic heterocycles. The maximum absolute atomic E-state index is 14.1. The van der Waals surface area contributed by atoms with Crippen molar-refractivity contribution >= 4 is 40.8 Å². The number of primary amides is 1. The zero-order chi connectivity index (χ0) is 27.5. The molecule has 0 spiro atoms. The summed E-state index contributed by atoms with van der Waals surface area (Å²) >= 11 is 0. The predicted molar refractivity (Wildman–Crippen MR) is 159 cm³/mol. The van der Waals surface area contributed by atoms with Gasteiger partial charge < -0.3 is 11.5 Å². The summed E-state index contributed by atoms with van der Waals surface area (Å²) in [6, 6.07) is 14.1. The van der Waals surface area contributed by atoms with Gasteiger partial charge in [0.2, 0.25) is 11.8 Å². The van der Waals surface area contributed by atoms with Crippen LogP contribution in [0.2, 0.25) is 0 Å². The van der Waals surface area contributed by atoms with E-state index in [-0.39, 0.29) is 36.2 Å². The quantitative estimate of drug-likeness (QED) is 0.257. The highest BCUT2D eigenvalue weighted by Crippen LogP contribution is 2.33. The van der Waals surface area contributed by atoms with Crippen molar-refractivity contribution in [1.29, 1.82) is 0 Å². The number of nitrogens with zero attached hydrogens (tertiary/aromatic N) is 2. The number of fused-ring (bicyclic) bond motifs is 1. The Bertz CT molecular complexity index is 1560. The minimum atomic E-state index is -0.915. The molecule has 0 radical (unpaired) electrons. The van der Waals surface area contributed by atoms with Crippen LogP contribution in [0.1, 0.15) is 36.8 Å². The number of H-pyrrole nitrogens is 2. The van der Waals surface area contributed by atoms with E-state index in [0.717, 1.165) is 35.1 Å². The van der Waals surface area contributed by atoms with Crippen molar-refractivity contribution in [2.75, 3.05) is 11.4 Å². The van der Waals surface area contributed by atoms with Gasteiger partial charge in [-0.05, 0) is 91.6 Å². The van der Waals surface area contributed by atoms with E-state index in [1.54, 1.807) is 29.3 Å². The summed E-state index contributed by atoms with van der Waals surface area (Å²) < 4.78 is 0. The minimum Gasteiger partial charge on any atom is -0.368 e. The summed E-state index contributed by atoms with van der Waals surface area (Å²) in [7, 11) is 0. The number of pyridine rings is 1. The van der Waals surface area contributed by atoms with E-state index in [2.05, 4.69) is 15.2 Å². The smallest absolute Gasteiger partial charge is 0.271 e. The summed E-state index contributed by atoms with van der Waals surface area (Å²) in [5, 5.41) is 5.90. The summed E-state index contributed by atoms with van der Waals surface area (Å²) in [5.41, 5.74) is 16.7. The number of rotatable bonds is 8. The topological polar surface area (TPSA) is 151 Å². The molecular formula is C30H35ClN6O3. The lowest BCUT2D eigenvalue weighted by Gasteiger charge is -2.35. The summed E-state index contributed by atoms with van der Waals surface area (Å²) in [4.78, 5) is 45.0. The number of aromatic amines is 2. The Hall–Kier alpha value is -3.95. The molecule has 40 heavy (non-hydrogen) atoms. The van der Waals surface area contributed by atoms with E-state index in [4.69, 9.17) is 11.5 Å². The molecule has 0 aliphatic heterocycles. The Kier molecular flexibility index (Phi) is 9.07. The number of hydrogen-bond acceptors (Lipinski definition) is 5. The highest BCUT2D eigenvalue weighted by Gasteiger charge is 2.36. The molecule has 0 bridgehead atoms. The Morgan fingerprint density at radius 2 is 1.85 bits per heavy atom. The molecule has 10 heteroatoms. The Morgan fingerprint density at radius 3 is 2.55 bits per heavy atom. The molecule has 9 nitrogen and oxygen atoms in total. The highest BCUT2D eigenvalue weighted by atomic mass is 35.5. The van der Waals surface area contributed by atoms with E-state index < -0.39 is 11.9 Å². The third-order valence-electron chi connectivity index (χ3n) is 7.93. The van der Waals surface area contributed by atoms with Gasteiger partial charge in [-0.2, -0.15) is 0 Å². The first-order valence-corrected chi connectivity index (χ1v) is 13.4. The zero-order valence-corrected chi connectivity index (χ0v) is 23.2. The number of benzene rings is 2. The number of aromatic nitrogens is 3. The molecule has 1 aliphatic rings. The van der Waals surface area contributed by atoms with Gasteiger partial charge in [-0.25, -0.2) is 0 Å². The zero-order valence-electron chi connectivity index (χ0n) is 22.4. The monoisotopic (exact) mass is 562 g/mol. The van der Waals surface area contributed by atoms with Crippen LogP contribution in [0.4, 0.5) is 5.69 Å². The Balaban J connectivity index is 0.00000370. The average molecular weight is 563 g/mol. The van der Waals surface area contributed by atoms with Crippen molar-refractivity contribution < 1.29 is 9.59 Å². The molecule has 0 saturated heterocycles. The van der Waals surface area contributed by atoms with Crippen molar-refractivity contribution in [3.05, 3.63) is 82.4 Å². The molecule has 2 amide bonds. The molecule has 1 atom stereocenters. The number of anilines is 1. The molecule has 1 saturated carbocycles. The minimum absolute atomic E-state index is 0. The first kappa shape index (κ1) is 29.0. The van der Waals surface area contributed by atoms with Crippen LogP contribution in [-0.2, 0) is 16.0 Å². The van der Waals surface area contributed by atoms with Crippen molar-refractivity contribution in [1.82, 2.24) is 15.2 Å². The van der Waals surface area contributed by atoms with Gasteiger partial charge in [-0.1, -0.05) is 24.3 Å². The van der Waals surface area contributed by atoms with Gasteiger partial charge in [-0.3, -0.25) is 34.5 Å². The largest absolute Gasteiger partial charge is 0.368 e. The molecule has 2 heterocycles. The second-order valence-electron chi connectivity index (χ2n) is 10.5. The fraction of sp³-hybridized carbons (Fsp3) is 0.333. The molecule has 2 aromatic carbocycles. The Morgan fingerprint density at radius 1 is 1.07 bits per heavy atom. The second kappa shape index (κ2) is 12.5. The van der Waals surface area contributed by atoms with E-state index >= 15 is 0 Å². The van der Waals surface area contributed by atoms with Crippen LogP contribution in [0.25, 0.3) is 22.0 Å². The number of nitrogens with one attached hydrogen (secondary N) is 2. The van der Waals surface area contributed by atoms with Crippen molar-refractivity contribution in [3.8, 4) is 11.1 Å². The Labute approximate surface area is 238 Å². The molecule has 4 aromatic rings. The normalized spacial score (nSPS) is 17.6. The van der Waals surface area contributed by atoms with Crippen molar-refractivity contribution in [3.63, 3.8) is 0 Å². The van der Waals surface area contributed by atoms with Gasteiger partial charge in [0.05, 0.1) is 10.9 Å². The van der Waals surface area contributed by atoms with Gasteiger partial charge >= 0.3 is 0 Å². The number of aryl methyl sites for hydroxylation is 1. The number of nitrogens with two attached hydrogens (primary N) is 2. The van der Waals surface area contributed by atoms with Gasteiger partial charge in [0, 0.05) is 30.4 Å². The van der Waals surface area contributed by atoms with Crippen LogP contribution in [0, 0.1) is 18.8 Å². The van der Waals surface area contributed by atoms with Gasteiger partial charge in [0.1, 0.15) is 6.04 Å². The molecule has 1 aliphatic carbocycles. The third-order valence-corrected chi connectivity index (χ3v) is 7.93. The summed E-state index contributed by atoms with van der Waals surface area (Å²) in [6.45, 7) is 2.61. The average Bonchev–Trinajstić information content (AvgIpc) is 3.32. The first-order valence-electron chi connectivity index (χ1n) is 13.4. The molecule has 0 unspecified atom stereocenters. The maximum atomic E-state index is 14.1. The number of carbonyl (C=O) groups excluding carboxylic acids is 2. The van der Waals surface area contributed by atoms with E-state index in [1.165, 1.54) is 0 Å². The molecule has 210 valence electrons. The maximum Gasteiger partial charge on any atom is 0.271 e. The number of halogens is 1. The lowest BCUT2D eigenvalue weighted by molar-refractivity contribution is -0.127. The van der Waals surface area contributed by atoms with Crippen LogP contribution in [0.3, 0.4) is 0 Å². The van der Waals surface area contributed by atoms with Crippen LogP contribution < -0.4 is 21.9 Å². The van der Waals surface area contributed by atoms with Crippen LogP contribution in [-0.4, -0.2) is 39.6 Å².